The number of nitrogens with zero attached hydrogens (tertiary/aromatic N) is 2. The van der Waals surface area contributed by atoms with E-state index in [1.807, 2.05) is 0 Å². The van der Waals surface area contributed by atoms with Crippen molar-refractivity contribution in [3.63, 3.8) is 0 Å². The Morgan fingerprint density at radius 2 is 1.79 bits per heavy atom. The van der Waals surface area contributed by atoms with Crippen LogP contribution in [0.1, 0.15) is 11.3 Å². The average Bonchev–Trinajstić information content (AvgIpc) is 3.18. The molecule has 0 saturated heterocycles. The summed E-state index contributed by atoms with van der Waals surface area (Å²) in [5.41, 5.74) is 6.37. The largest absolute Gasteiger partial charge is 0.497 e. The Balaban J connectivity index is 1.96. The minimum absolute atomic E-state index is 0.112. The van der Waals surface area contributed by atoms with Gasteiger partial charge < -0.3 is 15.8 Å². The molecule has 6 nitrogen and oxygen atoms in total. The maximum atomic E-state index is 13.3. The molecule has 29 heavy (non-hydrogen) atoms. The first-order valence-corrected chi connectivity index (χ1v) is 8.69. The SMILES string of the molecule is COc1ccc(-n2nc(C(F)(F)F)cc2-c2ccc(CNC(=O)CN)cc2)cc1. The van der Waals surface area contributed by atoms with Gasteiger partial charge in [-0.2, -0.15) is 18.3 Å². The Bertz CT molecular complexity index is 980. The number of ether oxygens (including phenoxy) is 1. The fraction of sp³-hybridized carbons (Fsp3) is 0.200. The Labute approximate surface area is 165 Å². The number of hydrogen-bond acceptors (Lipinski definition) is 4. The predicted octanol–water partition coefficient (Wildman–Crippen LogP) is 3.14. The van der Waals surface area contributed by atoms with Crippen LogP contribution in [-0.2, 0) is 17.5 Å². The van der Waals surface area contributed by atoms with E-state index in [4.69, 9.17) is 10.5 Å². The summed E-state index contributed by atoms with van der Waals surface area (Å²) in [5, 5.41) is 6.39. The molecule has 3 aromatic rings. The van der Waals surface area contributed by atoms with Gasteiger partial charge in [0, 0.05) is 12.1 Å². The third-order valence-electron chi connectivity index (χ3n) is 4.24. The molecule has 2 aromatic carbocycles. The first-order chi connectivity index (χ1) is 13.8. The molecule has 0 aliphatic rings. The summed E-state index contributed by atoms with van der Waals surface area (Å²) in [6.45, 7) is 0.168. The number of nitrogens with two attached hydrogens (primary N) is 1. The number of carbonyl (C=O) groups excluding carboxylic acids is 1. The van der Waals surface area contributed by atoms with Crippen LogP contribution in [-0.4, -0.2) is 29.3 Å². The number of nitrogens with one attached hydrogen (secondary N) is 1. The van der Waals surface area contributed by atoms with Gasteiger partial charge in [0.05, 0.1) is 25.0 Å². The maximum absolute atomic E-state index is 13.3. The molecule has 1 amide bonds. The highest BCUT2D eigenvalue weighted by molar-refractivity contribution is 5.77. The third-order valence-corrected chi connectivity index (χ3v) is 4.24. The zero-order chi connectivity index (χ0) is 21.0. The fourth-order valence-corrected chi connectivity index (χ4v) is 2.71. The second kappa shape index (κ2) is 8.36. The number of benzene rings is 2. The number of alkyl halides is 3. The zero-order valence-electron chi connectivity index (χ0n) is 15.5. The lowest BCUT2D eigenvalue weighted by Gasteiger charge is -2.10. The minimum Gasteiger partial charge on any atom is -0.497 e. The Morgan fingerprint density at radius 3 is 2.34 bits per heavy atom. The molecule has 0 radical (unpaired) electrons. The Kier molecular flexibility index (Phi) is 5.88. The monoisotopic (exact) mass is 404 g/mol. The van der Waals surface area contributed by atoms with Gasteiger partial charge in [-0.3, -0.25) is 4.79 Å². The van der Waals surface area contributed by atoms with Crippen LogP contribution in [0.5, 0.6) is 5.75 Å². The number of aromatic nitrogens is 2. The van der Waals surface area contributed by atoms with E-state index in [1.165, 1.54) is 11.8 Å². The molecule has 0 fully saturated rings. The first kappa shape index (κ1) is 20.4. The van der Waals surface area contributed by atoms with Crippen molar-refractivity contribution < 1.29 is 22.7 Å². The molecule has 1 aromatic heterocycles. The summed E-state index contributed by atoms with van der Waals surface area (Å²) in [6, 6.07) is 14.4. The van der Waals surface area contributed by atoms with Gasteiger partial charge in [0.1, 0.15) is 5.75 Å². The van der Waals surface area contributed by atoms with Crippen molar-refractivity contribution in [3.05, 3.63) is 65.9 Å². The highest BCUT2D eigenvalue weighted by Gasteiger charge is 2.35. The van der Waals surface area contributed by atoms with E-state index >= 15 is 0 Å². The topological polar surface area (TPSA) is 82.2 Å². The summed E-state index contributed by atoms with van der Waals surface area (Å²) >= 11 is 0. The predicted molar refractivity (Wildman–Crippen MR) is 101 cm³/mol. The van der Waals surface area contributed by atoms with E-state index in [0.717, 1.165) is 11.6 Å². The number of amides is 1. The van der Waals surface area contributed by atoms with Crippen molar-refractivity contribution in [2.75, 3.05) is 13.7 Å². The molecule has 0 aliphatic heterocycles. The molecular weight excluding hydrogens is 385 g/mol. The molecule has 0 atom stereocenters. The van der Waals surface area contributed by atoms with Crippen LogP contribution < -0.4 is 15.8 Å². The van der Waals surface area contributed by atoms with Crippen molar-refractivity contribution >= 4 is 5.91 Å². The highest BCUT2D eigenvalue weighted by Crippen LogP contribution is 2.33. The highest BCUT2D eigenvalue weighted by atomic mass is 19.4. The molecule has 152 valence electrons. The Morgan fingerprint density at radius 1 is 1.14 bits per heavy atom. The summed E-state index contributed by atoms with van der Waals surface area (Å²) < 4.78 is 46.1. The van der Waals surface area contributed by atoms with E-state index < -0.39 is 11.9 Å². The van der Waals surface area contributed by atoms with Gasteiger partial charge in [0.25, 0.3) is 0 Å². The van der Waals surface area contributed by atoms with Crippen LogP contribution in [0.15, 0.2) is 54.6 Å². The second-order valence-electron chi connectivity index (χ2n) is 6.20. The molecular formula is C20H19F3N4O2. The third kappa shape index (κ3) is 4.75. The van der Waals surface area contributed by atoms with Crippen molar-refractivity contribution in [2.24, 2.45) is 5.73 Å². The van der Waals surface area contributed by atoms with Gasteiger partial charge in [0.2, 0.25) is 5.91 Å². The second-order valence-corrected chi connectivity index (χ2v) is 6.20. The van der Waals surface area contributed by atoms with Gasteiger partial charge in [-0.25, -0.2) is 4.68 Å². The van der Waals surface area contributed by atoms with E-state index in [0.29, 0.717) is 22.7 Å². The summed E-state index contributed by atoms with van der Waals surface area (Å²) in [4.78, 5) is 11.3. The van der Waals surface area contributed by atoms with Crippen molar-refractivity contribution in [2.45, 2.75) is 12.7 Å². The van der Waals surface area contributed by atoms with Crippen molar-refractivity contribution in [1.29, 1.82) is 0 Å². The minimum atomic E-state index is -4.57. The molecule has 0 spiro atoms. The fourth-order valence-electron chi connectivity index (χ4n) is 2.71. The maximum Gasteiger partial charge on any atom is 0.435 e. The normalized spacial score (nSPS) is 11.3. The lowest BCUT2D eigenvalue weighted by Crippen LogP contribution is -2.29. The first-order valence-electron chi connectivity index (χ1n) is 8.69. The standard InChI is InChI=1S/C20H19F3N4O2/c1-29-16-8-6-15(7-9-16)27-17(10-18(26-27)20(21,22)23)14-4-2-13(3-5-14)12-25-19(28)11-24/h2-10H,11-12,24H2,1H3,(H,25,28). The molecule has 0 saturated carbocycles. The molecule has 9 heteroatoms. The average molecular weight is 404 g/mol. The lowest BCUT2D eigenvalue weighted by atomic mass is 10.1. The van der Waals surface area contributed by atoms with Crippen LogP contribution in [0.4, 0.5) is 13.2 Å². The van der Waals surface area contributed by atoms with Crippen molar-refractivity contribution in [3.8, 4) is 22.7 Å². The van der Waals surface area contributed by atoms with E-state index in [2.05, 4.69) is 10.4 Å². The quantitative estimate of drug-likeness (QED) is 0.661. The number of hydrogen-bond donors (Lipinski definition) is 2. The smallest absolute Gasteiger partial charge is 0.435 e. The number of halogens is 3. The van der Waals surface area contributed by atoms with Gasteiger partial charge in [-0.1, -0.05) is 24.3 Å². The van der Waals surface area contributed by atoms with E-state index in [-0.39, 0.29) is 19.0 Å². The van der Waals surface area contributed by atoms with Crippen LogP contribution >= 0.6 is 0 Å². The lowest BCUT2D eigenvalue weighted by molar-refractivity contribution is -0.141. The van der Waals surface area contributed by atoms with Crippen LogP contribution in [0, 0.1) is 0 Å². The molecule has 3 rings (SSSR count). The van der Waals surface area contributed by atoms with Gasteiger partial charge in [-0.05, 0) is 35.9 Å². The number of methoxy groups -OCH3 is 1. The van der Waals surface area contributed by atoms with Gasteiger partial charge >= 0.3 is 6.18 Å². The van der Waals surface area contributed by atoms with Crippen LogP contribution in [0.3, 0.4) is 0 Å². The molecule has 0 unspecified atom stereocenters. The summed E-state index contributed by atoms with van der Waals surface area (Å²) in [5.74, 6) is 0.295. The van der Waals surface area contributed by atoms with E-state index in [9.17, 15) is 18.0 Å². The molecule has 0 aliphatic carbocycles. The molecule has 3 N–H and O–H groups in total. The summed E-state index contributed by atoms with van der Waals surface area (Å²) in [7, 11) is 1.51. The zero-order valence-corrected chi connectivity index (χ0v) is 15.5. The molecule has 1 heterocycles. The Hall–Kier alpha value is -3.33. The van der Waals surface area contributed by atoms with Crippen molar-refractivity contribution in [1.82, 2.24) is 15.1 Å². The van der Waals surface area contributed by atoms with Crippen LogP contribution in [0.2, 0.25) is 0 Å². The van der Waals surface area contributed by atoms with E-state index in [1.54, 1.807) is 48.5 Å². The van der Waals surface area contributed by atoms with Gasteiger partial charge in [0.15, 0.2) is 5.69 Å². The molecule has 0 bridgehead atoms. The van der Waals surface area contributed by atoms with Gasteiger partial charge in [-0.15, -0.1) is 0 Å². The number of carbonyl (C=O) groups is 1. The summed E-state index contributed by atoms with van der Waals surface area (Å²) in [6.07, 6.45) is -4.57. The van der Waals surface area contributed by atoms with Crippen LogP contribution in [0.25, 0.3) is 16.9 Å². The number of rotatable bonds is 6.